The summed E-state index contributed by atoms with van der Waals surface area (Å²) in [5.41, 5.74) is 0. The van der Waals surface area contributed by atoms with Gasteiger partial charge in [0.15, 0.2) is 0 Å². The van der Waals surface area contributed by atoms with Gasteiger partial charge in [-0.2, -0.15) is 0 Å². The van der Waals surface area contributed by atoms with Crippen LogP contribution in [0.2, 0.25) is 0 Å². The molecule has 0 aliphatic carbocycles. The molecule has 0 fully saturated rings. The zero-order chi connectivity index (χ0) is 0. The van der Waals surface area contributed by atoms with Crippen molar-refractivity contribution < 1.29 is 41.1 Å². The molecule has 0 rings (SSSR count). The molecule has 4 heteroatoms. The Morgan fingerprint density at radius 3 is 1.00 bits per heavy atom. The first kappa shape index (κ1) is 40.6. The summed E-state index contributed by atoms with van der Waals surface area (Å²) in [6.45, 7) is 0. The molecule has 0 aromatic carbocycles. The molecule has 26 valence electrons. The molecule has 1 nitrogen and oxygen atoms in total. The van der Waals surface area contributed by atoms with Gasteiger partial charge in [-0.1, -0.05) is 0 Å². The molecule has 0 saturated carbocycles. The predicted molar refractivity (Wildman–Crippen MR) is 9.37 cm³/mol. The first-order valence-corrected chi connectivity index (χ1v) is 0. The summed E-state index contributed by atoms with van der Waals surface area (Å²) < 4.78 is 0. The summed E-state index contributed by atoms with van der Waals surface area (Å²) in [5, 5.41) is 0. The Morgan fingerprint density at radius 2 is 1.00 bits per heavy atom. The van der Waals surface area contributed by atoms with Crippen molar-refractivity contribution in [2.75, 3.05) is 0 Å². The largest absolute Gasteiger partial charge is 0.412 e. The molecule has 0 saturated heterocycles. The van der Waals surface area contributed by atoms with Gasteiger partial charge in [0.25, 0.3) is 0 Å². The average molecular weight is 157 g/mol. The fraction of sp³-hybridized carbons (Fsp3) is 0. The van der Waals surface area contributed by atoms with Crippen molar-refractivity contribution in [3.63, 3.8) is 0 Å². The summed E-state index contributed by atoms with van der Waals surface area (Å²) in [6, 6.07) is 0. The van der Waals surface area contributed by atoms with Gasteiger partial charge in [0.1, 0.15) is 0 Å². The van der Waals surface area contributed by atoms with Gasteiger partial charge in [-0.3, -0.25) is 0 Å². The van der Waals surface area contributed by atoms with Crippen molar-refractivity contribution in [3.05, 3.63) is 0 Å². The number of hydrogen-bond acceptors (Lipinski definition) is 0. The molecule has 0 bridgehead atoms. The summed E-state index contributed by atoms with van der Waals surface area (Å²) in [5.74, 6) is 0. The Hall–Kier alpha value is 1.83. The first-order valence-electron chi connectivity index (χ1n) is 0. The zero-order valence-corrected chi connectivity index (χ0v) is 5.71. The molecule has 0 aromatic rings. The molecule has 0 amide bonds. The van der Waals surface area contributed by atoms with E-state index in [0.29, 0.717) is 0 Å². The van der Waals surface area contributed by atoms with E-state index in [1.807, 2.05) is 0 Å². The third-order valence-electron chi connectivity index (χ3n) is 0. The minimum Gasteiger partial charge on any atom is -0.412 e. The minimum atomic E-state index is 0. The normalized spacial score (nSPS) is 0. The van der Waals surface area contributed by atoms with Crippen LogP contribution in [-0.4, -0.2) is 28.5 Å². The van der Waals surface area contributed by atoms with E-state index in [-0.39, 0.29) is 64.2 Å². The van der Waals surface area contributed by atoms with E-state index in [0.717, 1.165) is 0 Å². The van der Waals surface area contributed by atoms with Gasteiger partial charge in [0.2, 0.25) is 0 Å². The second-order valence-electron chi connectivity index (χ2n) is 0. The van der Waals surface area contributed by atoms with Crippen LogP contribution in [-0.2, 0) is 35.6 Å². The van der Waals surface area contributed by atoms with Crippen LogP contribution in [0.4, 0.5) is 0 Å². The van der Waals surface area contributed by atoms with Crippen molar-refractivity contribution >= 4 is 23.1 Å². The average Bonchev–Trinajstić information content (AvgIpc) is 0. The zero-order valence-electron chi connectivity index (χ0n) is 1.96. The molecular weight excluding hydrogens is 155 g/mol. The van der Waals surface area contributed by atoms with E-state index in [9.17, 15) is 0 Å². The van der Waals surface area contributed by atoms with Crippen molar-refractivity contribution in [3.8, 4) is 0 Å². The van der Waals surface area contributed by atoms with Crippen LogP contribution in [0.5, 0.6) is 0 Å². The quantitative estimate of drug-likeness (QED) is 0.395. The van der Waals surface area contributed by atoms with Crippen molar-refractivity contribution in [2.45, 2.75) is 0 Å². The van der Waals surface area contributed by atoms with E-state index < -0.39 is 0 Å². The van der Waals surface area contributed by atoms with Crippen LogP contribution in [0.1, 0.15) is 0 Å². The van der Waals surface area contributed by atoms with Gasteiger partial charge in [-0.05, 0) is 0 Å². The maximum Gasteiger partial charge on any atom is 0 e. The molecule has 4 heavy (non-hydrogen) atoms. The number of hydrogen-bond donors (Lipinski definition) is 0. The van der Waals surface area contributed by atoms with Gasteiger partial charge in [0.05, 0.1) is 0 Å². The molecule has 0 aromatic heterocycles. The molecule has 0 unspecified atom stereocenters. The van der Waals surface area contributed by atoms with Crippen LogP contribution in [0.15, 0.2) is 0 Å². The van der Waals surface area contributed by atoms with Crippen molar-refractivity contribution in [1.82, 2.24) is 0 Å². The van der Waals surface area contributed by atoms with E-state index in [1.54, 1.807) is 0 Å². The summed E-state index contributed by atoms with van der Waals surface area (Å²) in [4.78, 5) is 0. The molecule has 0 aliphatic heterocycles. The third-order valence-corrected chi connectivity index (χ3v) is 0. The topological polar surface area (TPSA) is 31.5 Å². The Kier molecular flexibility index (Phi) is 215. The van der Waals surface area contributed by atoms with Gasteiger partial charge < -0.3 is 5.48 Å². The van der Waals surface area contributed by atoms with Crippen LogP contribution >= 0.6 is 0 Å². The van der Waals surface area contributed by atoms with E-state index in [1.165, 1.54) is 0 Å². The Balaban J connectivity index is 0. The second kappa shape index (κ2) is 21.2. The summed E-state index contributed by atoms with van der Waals surface area (Å²) >= 11 is 0. The van der Waals surface area contributed by atoms with Gasteiger partial charge >= 0.3 is 0 Å². The maximum atomic E-state index is 0. The van der Waals surface area contributed by atoms with E-state index >= 15 is 0 Å². The molecule has 0 atom stereocenters. The SMILES string of the molecule is O.[Cu].[Mg].[V]. The molecular formula is H2CuMgOV. The molecule has 4 radical (unpaired) electrons. The second-order valence-corrected chi connectivity index (χ2v) is 0. The van der Waals surface area contributed by atoms with Crippen molar-refractivity contribution in [1.29, 1.82) is 0 Å². The minimum absolute atomic E-state index is 0. The van der Waals surface area contributed by atoms with Gasteiger partial charge in [-0.25, -0.2) is 0 Å². The van der Waals surface area contributed by atoms with Crippen LogP contribution in [0, 0.1) is 0 Å². The number of rotatable bonds is 0. The molecule has 0 spiro atoms. The van der Waals surface area contributed by atoms with Gasteiger partial charge in [0, 0.05) is 58.7 Å². The third kappa shape index (κ3) is 9.16. The Labute approximate surface area is 63.7 Å². The van der Waals surface area contributed by atoms with Crippen LogP contribution in [0.3, 0.4) is 0 Å². The van der Waals surface area contributed by atoms with E-state index in [4.69, 9.17) is 0 Å². The molecule has 0 heterocycles. The smallest absolute Gasteiger partial charge is 0 e. The van der Waals surface area contributed by atoms with Crippen LogP contribution in [0.25, 0.3) is 0 Å². The first-order chi connectivity index (χ1) is 0. The van der Waals surface area contributed by atoms with E-state index in [2.05, 4.69) is 0 Å². The summed E-state index contributed by atoms with van der Waals surface area (Å²) in [6.07, 6.45) is 0. The predicted octanol–water partition coefficient (Wildman–Crippen LogP) is -1.21. The Morgan fingerprint density at radius 1 is 1.00 bits per heavy atom. The molecule has 2 N–H and O–H groups in total. The van der Waals surface area contributed by atoms with Crippen LogP contribution < -0.4 is 0 Å². The standard InChI is InChI=1S/Cu.Mg.H2O.V/h;;1H2;. The fourth-order valence-corrected chi connectivity index (χ4v) is 0. The monoisotopic (exact) mass is 156 g/mol. The maximum absolute atomic E-state index is 0. The molecule has 0 aliphatic rings. The van der Waals surface area contributed by atoms with Gasteiger partial charge in [-0.15, -0.1) is 0 Å². The Bertz CT molecular complexity index is 8.00. The van der Waals surface area contributed by atoms with Crippen molar-refractivity contribution in [2.24, 2.45) is 0 Å². The summed E-state index contributed by atoms with van der Waals surface area (Å²) in [7, 11) is 0. The fourth-order valence-electron chi connectivity index (χ4n) is 0.